The van der Waals surface area contributed by atoms with E-state index in [1.807, 2.05) is 0 Å². The molecule has 0 N–H and O–H groups in total. The molecule has 1 atom stereocenters. The Morgan fingerprint density at radius 2 is 2.00 bits per heavy atom. The maximum atomic E-state index is 12.2. The van der Waals surface area contributed by atoms with Gasteiger partial charge in [-0.2, -0.15) is 0 Å². The van der Waals surface area contributed by atoms with Crippen LogP contribution in [0.1, 0.15) is 18.9 Å². The zero-order valence-electron chi connectivity index (χ0n) is 13.4. The summed E-state index contributed by atoms with van der Waals surface area (Å²) < 4.78 is 15.9. The highest BCUT2D eigenvalue weighted by Gasteiger charge is 2.36. The van der Waals surface area contributed by atoms with E-state index in [-0.39, 0.29) is 5.76 Å². The number of fused-ring (bicyclic) bond motifs is 1. The second kappa shape index (κ2) is 7.11. The van der Waals surface area contributed by atoms with Gasteiger partial charge in [0.15, 0.2) is 29.0 Å². The molecular weight excluding hydrogens is 348 g/mol. The molecule has 0 saturated carbocycles. The molecule has 1 aromatic carbocycles. The Labute approximate surface area is 149 Å². The molecule has 0 fully saturated rings. The Bertz CT molecular complexity index is 808. The van der Waals surface area contributed by atoms with Gasteiger partial charge in [-0.3, -0.25) is 14.4 Å². The molecule has 0 aromatic heterocycles. The van der Waals surface area contributed by atoms with E-state index >= 15 is 0 Å². The first kappa shape index (κ1) is 17.2. The Balaban J connectivity index is 1.81. The van der Waals surface area contributed by atoms with E-state index in [2.05, 4.69) is 0 Å². The number of rotatable bonds is 3. The lowest BCUT2D eigenvalue weighted by molar-refractivity contribution is -0.151. The first-order valence-corrected chi connectivity index (χ1v) is 8.08. The zero-order valence-corrected chi connectivity index (χ0v) is 14.2. The third-order valence-corrected chi connectivity index (χ3v) is 3.96. The number of ether oxygens (including phenoxy) is 3. The number of benzene rings is 1. The summed E-state index contributed by atoms with van der Waals surface area (Å²) in [4.78, 5) is 35.8. The van der Waals surface area contributed by atoms with Crippen molar-refractivity contribution < 1.29 is 28.6 Å². The summed E-state index contributed by atoms with van der Waals surface area (Å²) in [6.45, 7) is 2.49. The van der Waals surface area contributed by atoms with Crippen molar-refractivity contribution in [3.63, 3.8) is 0 Å². The van der Waals surface area contributed by atoms with Crippen LogP contribution in [-0.2, 0) is 19.1 Å². The second-order valence-corrected chi connectivity index (χ2v) is 6.03. The number of hydrogen-bond donors (Lipinski definition) is 0. The van der Waals surface area contributed by atoms with Gasteiger partial charge in [0.25, 0.3) is 0 Å². The van der Waals surface area contributed by atoms with Gasteiger partial charge in [0.2, 0.25) is 0 Å². The highest BCUT2D eigenvalue weighted by molar-refractivity contribution is 6.32. The fraction of sp³-hybridized carbons (Fsp3) is 0.278. The summed E-state index contributed by atoms with van der Waals surface area (Å²) in [5, 5.41) is 0.359. The summed E-state index contributed by atoms with van der Waals surface area (Å²) in [5.74, 6) is -2.43. The van der Waals surface area contributed by atoms with Crippen LogP contribution in [0.15, 0.2) is 30.0 Å². The molecule has 0 aliphatic carbocycles. The number of carbonyl (C=O) groups excluding carboxylic acids is 3. The van der Waals surface area contributed by atoms with Crippen LogP contribution in [0, 0.1) is 5.92 Å². The molecule has 2 aliphatic heterocycles. The van der Waals surface area contributed by atoms with Crippen molar-refractivity contribution in [1.82, 2.24) is 0 Å². The first-order valence-electron chi connectivity index (χ1n) is 7.70. The minimum atomic E-state index is -1.46. The van der Waals surface area contributed by atoms with Crippen LogP contribution in [0.5, 0.6) is 11.5 Å². The molecule has 130 valence electrons. The summed E-state index contributed by atoms with van der Waals surface area (Å²) in [6.07, 6.45) is 4.51. The molecule has 1 unspecified atom stereocenters. The topological polar surface area (TPSA) is 78.9 Å². The summed E-state index contributed by atoms with van der Waals surface area (Å²) in [6, 6.07) is 3.30. The molecule has 25 heavy (non-hydrogen) atoms. The van der Waals surface area contributed by atoms with Gasteiger partial charge < -0.3 is 14.2 Å². The maximum absolute atomic E-state index is 12.2. The predicted molar refractivity (Wildman–Crippen MR) is 89.4 cm³/mol. The second-order valence-electron chi connectivity index (χ2n) is 5.63. The van der Waals surface area contributed by atoms with Gasteiger partial charge in [0, 0.05) is 12.5 Å². The molecule has 6 nitrogen and oxygen atoms in total. The number of halogens is 1. The van der Waals surface area contributed by atoms with Crippen molar-refractivity contribution in [1.29, 1.82) is 0 Å². The largest absolute Gasteiger partial charge is 0.489 e. The standard InChI is InChI=1S/C18H15ClO6/c1-10-7-14(21)16(18(22)25-10)13(20)4-3-11-8-12(19)17-15(9-11)23-5-2-6-24-17/h3-4,7-9,16H,2,5-6H2,1H3. The summed E-state index contributed by atoms with van der Waals surface area (Å²) >= 11 is 6.19. The molecule has 2 aliphatic rings. The number of allylic oxidation sites excluding steroid dienone is 3. The molecule has 0 saturated heterocycles. The van der Waals surface area contributed by atoms with Gasteiger partial charge in [0.1, 0.15) is 5.76 Å². The van der Waals surface area contributed by atoms with Crippen LogP contribution < -0.4 is 9.47 Å². The van der Waals surface area contributed by atoms with Crippen LogP contribution >= 0.6 is 11.6 Å². The van der Waals surface area contributed by atoms with Gasteiger partial charge >= 0.3 is 5.97 Å². The lowest BCUT2D eigenvalue weighted by Gasteiger charge is -2.15. The maximum Gasteiger partial charge on any atom is 0.329 e. The predicted octanol–water partition coefficient (Wildman–Crippen LogP) is 2.73. The third kappa shape index (κ3) is 3.74. The zero-order chi connectivity index (χ0) is 18.0. The Hall–Kier alpha value is -2.60. The highest BCUT2D eigenvalue weighted by Crippen LogP contribution is 2.38. The molecule has 2 heterocycles. The van der Waals surface area contributed by atoms with Gasteiger partial charge in [-0.05, 0) is 30.7 Å². The van der Waals surface area contributed by atoms with Crippen molar-refractivity contribution in [2.24, 2.45) is 5.92 Å². The molecule has 0 bridgehead atoms. The van der Waals surface area contributed by atoms with Gasteiger partial charge in [-0.15, -0.1) is 0 Å². The fourth-order valence-corrected chi connectivity index (χ4v) is 2.80. The van der Waals surface area contributed by atoms with Gasteiger partial charge in [0.05, 0.1) is 18.2 Å². The quantitative estimate of drug-likeness (QED) is 0.467. The lowest BCUT2D eigenvalue weighted by atomic mass is 9.96. The van der Waals surface area contributed by atoms with E-state index in [9.17, 15) is 14.4 Å². The van der Waals surface area contributed by atoms with Crippen LogP contribution in [0.3, 0.4) is 0 Å². The Morgan fingerprint density at radius 1 is 1.24 bits per heavy atom. The Morgan fingerprint density at radius 3 is 2.76 bits per heavy atom. The van der Waals surface area contributed by atoms with E-state index in [1.165, 1.54) is 13.0 Å². The van der Waals surface area contributed by atoms with Crippen molar-refractivity contribution in [3.05, 3.63) is 40.6 Å². The minimum absolute atomic E-state index is 0.178. The monoisotopic (exact) mass is 362 g/mol. The molecule has 0 radical (unpaired) electrons. The van der Waals surface area contributed by atoms with Crippen molar-refractivity contribution in [3.8, 4) is 11.5 Å². The van der Waals surface area contributed by atoms with E-state index in [0.29, 0.717) is 35.3 Å². The lowest BCUT2D eigenvalue weighted by Crippen LogP contribution is -2.34. The van der Waals surface area contributed by atoms with Crippen LogP contribution in [0.2, 0.25) is 5.02 Å². The van der Waals surface area contributed by atoms with Crippen molar-refractivity contribution >= 4 is 35.2 Å². The van der Waals surface area contributed by atoms with Gasteiger partial charge in [-0.1, -0.05) is 17.7 Å². The van der Waals surface area contributed by atoms with E-state index in [4.69, 9.17) is 25.8 Å². The molecule has 7 heteroatoms. The molecule has 3 rings (SSSR count). The van der Waals surface area contributed by atoms with Crippen LogP contribution in [-0.4, -0.2) is 30.7 Å². The van der Waals surface area contributed by atoms with E-state index in [0.717, 1.165) is 18.6 Å². The molecular formula is C18H15ClO6. The number of hydrogen-bond acceptors (Lipinski definition) is 6. The highest BCUT2D eigenvalue weighted by atomic mass is 35.5. The molecule has 0 spiro atoms. The normalized spacial score (nSPS) is 20.1. The molecule has 1 aromatic rings. The third-order valence-electron chi connectivity index (χ3n) is 3.68. The number of cyclic esters (lactones) is 1. The van der Waals surface area contributed by atoms with Gasteiger partial charge in [-0.25, -0.2) is 0 Å². The number of esters is 1. The fourth-order valence-electron chi connectivity index (χ4n) is 2.52. The number of carbonyl (C=O) groups is 3. The van der Waals surface area contributed by atoms with Crippen molar-refractivity contribution in [2.75, 3.05) is 13.2 Å². The summed E-state index contributed by atoms with van der Waals surface area (Å²) in [5.41, 5.74) is 0.589. The van der Waals surface area contributed by atoms with Crippen molar-refractivity contribution in [2.45, 2.75) is 13.3 Å². The average molecular weight is 363 g/mol. The minimum Gasteiger partial charge on any atom is -0.489 e. The van der Waals surface area contributed by atoms with Crippen LogP contribution in [0.25, 0.3) is 6.08 Å². The number of ketones is 2. The smallest absolute Gasteiger partial charge is 0.329 e. The average Bonchev–Trinajstić information content (AvgIpc) is 2.77. The summed E-state index contributed by atoms with van der Waals surface area (Å²) in [7, 11) is 0. The van der Waals surface area contributed by atoms with Crippen LogP contribution in [0.4, 0.5) is 0 Å². The van der Waals surface area contributed by atoms with E-state index < -0.39 is 23.5 Å². The SMILES string of the molecule is CC1=CC(=O)C(C(=O)C=Cc2cc(Cl)c3c(c2)OCCCO3)C(=O)O1. The van der Waals surface area contributed by atoms with E-state index in [1.54, 1.807) is 12.1 Å². The first-order chi connectivity index (χ1) is 12.0. The molecule has 0 amide bonds. The Kier molecular flexibility index (Phi) is 4.90.